The van der Waals surface area contributed by atoms with Crippen LogP contribution in [0, 0.1) is 0 Å². The Kier molecular flexibility index (Phi) is 8.74. The van der Waals surface area contributed by atoms with Crippen LogP contribution >= 0.6 is 0 Å². The molecule has 0 unspecified atom stereocenters. The van der Waals surface area contributed by atoms with Gasteiger partial charge in [-0.05, 0) is 32.8 Å². The minimum atomic E-state index is -0.981. The van der Waals surface area contributed by atoms with Crippen molar-refractivity contribution in [3.63, 3.8) is 0 Å². The zero-order valence-corrected chi connectivity index (χ0v) is 16.5. The van der Waals surface area contributed by atoms with E-state index in [2.05, 4.69) is 5.32 Å². The molecule has 0 heterocycles. The number of nitrogens with one attached hydrogen (secondary N) is 1. The number of ether oxygens (including phenoxy) is 2. The number of hydrogen-bond donors (Lipinski definition) is 1. The number of alkyl carbamates (subject to hydrolysis) is 1. The lowest BCUT2D eigenvalue weighted by Gasteiger charge is -2.23. The normalized spacial score (nSPS) is 12.0. The Morgan fingerprint density at radius 1 is 1.15 bits per heavy atom. The van der Waals surface area contributed by atoms with Crippen molar-refractivity contribution < 1.29 is 28.7 Å². The third-order valence-corrected chi connectivity index (χ3v) is 3.44. The van der Waals surface area contributed by atoms with E-state index in [-0.39, 0.29) is 19.4 Å². The molecule has 0 aromatic heterocycles. The molecule has 0 spiro atoms. The molecule has 0 aliphatic heterocycles. The maximum Gasteiger partial charge on any atom is 0.408 e. The average molecular weight is 380 g/mol. The number of nitrogens with zero attached hydrogens (tertiary/aromatic N) is 1. The minimum absolute atomic E-state index is 0.0375. The van der Waals surface area contributed by atoms with Crippen molar-refractivity contribution in [2.45, 2.75) is 51.9 Å². The predicted molar refractivity (Wildman–Crippen MR) is 98.4 cm³/mol. The van der Waals surface area contributed by atoms with Crippen molar-refractivity contribution in [2.75, 3.05) is 14.2 Å². The van der Waals surface area contributed by atoms with Crippen molar-refractivity contribution in [3.05, 3.63) is 35.9 Å². The van der Waals surface area contributed by atoms with E-state index in [9.17, 15) is 14.4 Å². The Bertz CT molecular complexity index is 627. The molecule has 1 rings (SSSR count). The first-order valence-corrected chi connectivity index (χ1v) is 8.63. The molecule has 1 aromatic carbocycles. The van der Waals surface area contributed by atoms with E-state index in [1.54, 1.807) is 20.8 Å². The van der Waals surface area contributed by atoms with Gasteiger partial charge in [0.1, 0.15) is 18.2 Å². The smallest absolute Gasteiger partial charge is 0.408 e. The fraction of sp³-hybridized carbons (Fsp3) is 0.526. The standard InChI is InChI=1S/C19H28N2O6/c1-19(2,3)27-16(22)12-11-15(17(23)21(4)25-5)20-18(24)26-13-14-9-7-6-8-10-14/h6-10,15H,11-13H2,1-5H3,(H,20,24)/t15-/m0/s1. The van der Waals surface area contributed by atoms with Crippen molar-refractivity contribution in [1.29, 1.82) is 0 Å². The van der Waals surface area contributed by atoms with E-state index in [1.165, 1.54) is 14.2 Å². The summed E-state index contributed by atoms with van der Waals surface area (Å²) in [4.78, 5) is 41.2. The van der Waals surface area contributed by atoms with Gasteiger partial charge >= 0.3 is 12.1 Å². The largest absolute Gasteiger partial charge is 0.460 e. The molecule has 0 saturated carbocycles. The molecule has 8 nitrogen and oxygen atoms in total. The van der Waals surface area contributed by atoms with E-state index in [0.717, 1.165) is 10.6 Å². The summed E-state index contributed by atoms with van der Waals surface area (Å²) in [7, 11) is 2.75. The average Bonchev–Trinajstić information content (AvgIpc) is 2.61. The number of benzene rings is 1. The monoisotopic (exact) mass is 380 g/mol. The second kappa shape index (κ2) is 10.5. The second-order valence-electron chi connectivity index (χ2n) is 6.90. The van der Waals surface area contributed by atoms with Gasteiger partial charge < -0.3 is 14.8 Å². The SMILES string of the molecule is CON(C)C(=O)[C@H](CCC(=O)OC(C)(C)C)NC(=O)OCc1ccccc1. The molecule has 1 atom stereocenters. The number of hydrogen-bond acceptors (Lipinski definition) is 6. The van der Waals surface area contributed by atoms with E-state index < -0.39 is 29.6 Å². The van der Waals surface area contributed by atoms with E-state index in [0.29, 0.717) is 0 Å². The summed E-state index contributed by atoms with van der Waals surface area (Å²) in [6, 6.07) is 8.17. The second-order valence-corrected chi connectivity index (χ2v) is 6.90. The summed E-state index contributed by atoms with van der Waals surface area (Å²) in [5.41, 5.74) is 0.195. The van der Waals surface area contributed by atoms with E-state index in [1.807, 2.05) is 30.3 Å². The summed E-state index contributed by atoms with van der Waals surface area (Å²) in [6.45, 7) is 5.34. The molecule has 1 aromatic rings. The number of rotatable bonds is 8. The number of carbonyl (C=O) groups excluding carboxylic acids is 3. The topological polar surface area (TPSA) is 94.2 Å². The summed E-state index contributed by atoms with van der Waals surface area (Å²) in [5.74, 6) is -0.961. The first kappa shape index (κ1) is 22.4. The van der Waals surface area contributed by atoms with Gasteiger partial charge in [0, 0.05) is 13.5 Å². The van der Waals surface area contributed by atoms with Crippen LogP contribution in [-0.2, 0) is 30.5 Å². The van der Waals surface area contributed by atoms with Gasteiger partial charge in [0.15, 0.2) is 0 Å². The van der Waals surface area contributed by atoms with Gasteiger partial charge in [-0.15, -0.1) is 0 Å². The van der Waals surface area contributed by atoms with Gasteiger partial charge in [-0.3, -0.25) is 14.4 Å². The quantitative estimate of drug-likeness (QED) is 0.550. The van der Waals surface area contributed by atoms with Gasteiger partial charge in [0.05, 0.1) is 7.11 Å². The number of amides is 2. The van der Waals surface area contributed by atoms with E-state index >= 15 is 0 Å². The lowest BCUT2D eigenvalue weighted by molar-refractivity contribution is -0.171. The van der Waals surface area contributed by atoms with Crippen LogP contribution in [0.5, 0.6) is 0 Å². The van der Waals surface area contributed by atoms with Crippen LogP contribution in [0.25, 0.3) is 0 Å². The highest BCUT2D eigenvalue weighted by Crippen LogP contribution is 2.11. The molecule has 0 saturated heterocycles. The van der Waals surface area contributed by atoms with Gasteiger partial charge in [-0.1, -0.05) is 30.3 Å². The molecule has 0 radical (unpaired) electrons. The molecule has 0 fully saturated rings. The molecule has 1 N–H and O–H groups in total. The van der Waals surface area contributed by atoms with Crippen LogP contribution in [0.4, 0.5) is 4.79 Å². The van der Waals surface area contributed by atoms with Crippen molar-refractivity contribution in [2.24, 2.45) is 0 Å². The van der Waals surface area contributed by atoms with Crippen LogP contribution in [0.15, 0.2) is 30.3 Å². The molecule has 0 aliphatic rings. The molecule has 27 heavy (non-hydrogen) atoms. The van der Waals surface area contributed by atoms with Gasteiger partial charge in [0.25, 0.3) is 5.91 Å². The van der Waals surface area contributed by atoms with Crippen LogP contribution in [0.1, 0.15) is 39.2 Å². The Hall–Kier alpha value is -2.61. The lowest BCUT2D eigenvalue weighted by atomic mass is 10.1. The zero-order chi connectivity index (χ0) is 20.4. The third-order valence-electron chi connectivity index (χ3n) is 3.44. The number of esters is 1. The molecular weight excluding hydrogens is 352 g/mol. The molecular formula is C19H28N2O6. The molecule has 0 bridgehead atoms. The molecule has 150 valence electrons. The Balaban J connectivity index is 2.63. The highest BCUT2D eigenvalue weighted by atomic mass is 16.7. The molecule has 0 aliphatic carbocycles. The Labute approximate surface area is 159 Å². The zero-order valence-electron chi connectivity index (χ0n) is 16.5. The maximum absolute atomic E-state index is 12.4. The Morgan fingerprint density at radius 3 is 2.33 bits per heavy atom. The van der Waals surface area contributed by atoms with Crippen molar-refractivity contribution in [1.82, 2.24) is 10.4 Å². The van der Waals surface area contributed by atoms with Crippen LogP contribution in [0.3, 0.4) is 0 Å². The fourth-order valence-corrected chi connectivity index (χ4v) is 2.13. The fourth-order valence-electron chi connectivity index (χ4n) is 2.13. The van der Waals surface area contributed by atoms with Gasteiger partial charge in [-0.2, -0.15) is 0 Å². The number of hydroxylamine groups is 2. The molecule has 2 amide bonds. The summed E-state index contributed by atoms with van der Waals surface area (Å²) in [5, 5.41) is 3.46. The lowest BCUT2D eigenvalue weighted by Crippen LogP contribution is -2.47. The van der Waals surface area contributed by atoms with Gasteiger partial charge in [-0.25, -0.2) is 9.86 Å². The highest BCUT2D eigenvalue weighted by molar-refractivity contribution is 5.85. The third kappa shape index (κ3) is 9.05. The van der Waals surface area contributed by atoms with Crippen LogP contribution in [0.2, 0.25) is 0 Å². The summed E-state index contributed by atoms with van der Waals surface area (Å²) >= 11 is 0. The summed E-state index contributed by atoms with van der Waals surface area (Å²) < 4.78 is 10.4. The summed E-state index contributed by atoms with van der Waals surface area (Å²) in [6.07, 6.45) is -0.739. The van der Waals surface area contributed by atoms with E-state index in [4.69, 9.17) is 14.3 Å². The molecule has 8 heteroatoms. The number of likely N-dealkylation sites (N-methyl/N-ethyl adjacent to an activating group) is 1. The van der Waals surface area contributed by atoms with Crippen LogP contribution < -0.4 is 5.32 Å². The first-order chi connectivity index (χ1) is 12.6. The maximum atomic E-state index is 12.4. The Morgan fingerprint density at radius 2 is 1.78 bits per heavy atom. The first-order valence-electron chi connectivity index (χ1n) is 8.63. The highest BCUT2D eigenvalue weighted by Gasteiger charge is 2.27. The number of carbonyl (C=O) groups is 3. The minimum Gasteiger partial charge on any atom is -0.460 e. The van der Waals surface area contributed by atoms with Crippen LogP contribution in [-0.4, -0.2) is 48.8 Å². The predicted octanol–water partition coefficient (Wildman–Crippen LogP) is 2.42. The van der Waals surface area contributed by atoms with Gasteiger partial charge in [0.2, 0.25) is 0 Å². The van der Waals surface area contributed by atoms with Crippen molar-refractivity contribution >= 4 is 18.0 Å². The van der Waals surface area contributed by atoms with Crippen molar-refractivity contribution in [3.8, 4) is 0 Å².